The van der Waals surface area contributed by atoms with Gasteiger partial charge < -0.3 is 15.8 Å². The first-order chi connectivity index (χ1) is 9.51. The van der Waals surface area contributed by atoms with Crippen LogP contribution in [0.5, 0.6) is 5.75 Å². The van der Waals surface area contributed by atoms with Crippen LogP contribution < -0.4 is 15.8 Å². The molecule has 0 aromatic heterocycles. The number of nitrogen functional groups attached to an aromatic ring is 1. The average molecular weight is 335 g/mol. The Kier molecular flexibility index (Phi) is 4.29. The average Bonchev–Trinajstić information content (AvgIpc) is 2.42. The number of methoxy groups -OCH3 is 1. The smallest absolute Gasteiger partial charge is 0.255 e. The van der Waals surface area contributed by atoms with E-state index in [9.17, 15) is 4.79 Å². The molecule has 0 atom stereocenters. The summed E-state index contributed by atoms with van der Waals surface area (Å²) in [6.07, 6.45) is 0. The normalized spacial score (nSPS) is 10.2. The number of rotatable bonds is 3. The molecule has 5 heteroatoms. The Hall–Kier alpha value is -2.01. The number of ether oxygens (including phenoxy) is 1. The van der Waals surface area contributed by atoms with Gasteiger partial charge in [-0.1, -0.05) is 6.07 Å². The third-order valence-electron chi connectivity index (χ3n) is 2.86. The van der Waals surface area contributed by atoms with Crippen LogP contribution in [0.4, 0.5) is 11.4 Å². The number of amides is 1. The number of carbonyl (C=O) groups excluding carboxylic acids is 1. The molecule has 0 aliphatic heterocycles. The first kappa shape index (κ1) is 14.4. The summed E-state index contributed by atoms with van der Waals surface area (Å²) in [5.41, 5.74) is 8.51. The maximum Gasteiger partial charge on any atom is 0.255 e. The van der Waals surface area contributed by atoms with E-state index in [-0.39, 0.29) is 5.91 Å². The van der Waals surface area contributed by atoms with E-state index in [1.54, 1.807) is 18.2 Å². The fourth-order valence-electron chi connectivity index (χ4n) is 1.80. The highest BCUT2D eigenvalue weighted by molar-refractivity contribution is 9.10. The summed E-state index contributed by atoms with van der Waals surface area (Å²) >= 11 is 3.41. The van der Waals surface area contributed by atoms with Crippen LogP contribution in [0.25, 0.3) is 0 Å². The van der Waals surface area contributed by atoms with Crippen molar-refractivity contribution < 1.29 is 9.53 Å². The monoisotopic (exact) mass is 334 g/mol. The van der Waals surface area contributed by atoms with Crippen molar-refractivity contribution in [2.75, 3.05) is 18.2 Å². The molecule has 0 radical (unpaired) electrons. The second kappa shape index (κ2) is 5.96. The summed E-state index contributed by atoms with van der Waals surface area (Å²) in [6.45, 7) is 1.97. The van der Waals surface area contributed by atoms with Crippen molar-refractivity contribution in [3.63, 3.8) is 0 Å². The summed E-state index contributed by atoms with van der Waals surface area (Å²) in [4.78, 5) is 12.2. The third kappa shape index (κ3) is 3.11. The molecule has 0 unspecified atom stereocenters. The molecule has 1 amide bonds. The van der Waals surface area contributed by atoms with E-state index in [2.05, 4.69) is 21.2 Å². The Morgan fingerprint density at radius 1 is 1.25 bits per heavy atom. The fraction of sp³-hybridized carbons (Fsp3) is 0.133. The van der Waals surface area contributed by atoms with E-state index < -0.39 is 0 Å². The van der Waals surface area contributed by atoms with Gasteiger partial charge in [-0.2, -0.15) is 0 Å². The van der Waals surface area contributed by atoms with Crippen LogP contribution in [0.1, 0.15) is 15.9 Å². The quantitative estimate of drug-likeness (QED) is 0.843. The highest BCUT2D eigenvalue weighted by atomic mass is 79.9. The first-order valence-electron chi connectivity index (χ1n) is 6.02. The standard InChI is InChI=1S/C15H15BrN2O2/c1-9-3-5-11(16)13(7-9)18-15(19)10-4-6-14(20-2)12(17)8-10/h3-8H,17H2,1-2H3,(H,18,19). The Morgan fingerprint density at radius 2 is 2.00 bits per heavy atom. The van der Waals surface area contributed by atoms with Crippen molar-refractivity contribution in [2.45, 2.75) is 6.92 Å². The van der Waals surface area contributed by atoms with E-state index in [4.69, 9.17) is 10.5 Å². The molecule has 0 bridgehead atoms. The number of hydrogen-bond donors (Lipinski definition) is 2. The van der Waals surface area contributed by atoms with Crippen molar-refractivity contribution in [2.24, 2.45) is 0 Å². The second-order valence-electron chi connectivity index (χ2n) is 4.39. The predicted octanol–water partition coefficient (Wildman–Crippen LogP) is 3.60. The molecule has 104 valence electrons. The first-order valence-corrected chi connectivity index (χ1v) is 6.81. The summed E-state index contributed by atoms with van der Waals surface area (Å²) in [5, 5.41) is 2.85. The van der Waals surface area contributed by atoms with Crippen molar-refractivity contribution in [3.8, 4) is 5.75 Å². The van der Waals surface area contributed by atoms with Gasteiger partial charge in [-0.3, -0.25) is 4.79 Å². The van der Waals surface area contributed by atoms with Gasteiger partial charge in [0.25, 0.3) is 5.91 Å². The number of benzene rings is 2. The summed E-state index contributed by atoms with van der Waals surface area (Å²) < 4.78 is 5.90. The number of nitrogens with two attached hydrogens (primary N) is 1. The van der Waals surface area contributed by atoms with E-state index >= 15 is 0 Å². The van der Waals surface area contributed by atoms with Gasteiger partial charge >= 0.3 is 0 Å². The van der Waals surface area contributed by atoms with E-state index in [1.807, 2.05) is 25.1 Å². The third-order valence-corrected chi connectivity index (χ3v) is 3.55. The molecule has 0 heterocycles. The second-order valence-corrected chi connectivity index (χ2v) is 5.25. The number of halogens is 1. The minimum atomic E-state index is -0.217. The maximum atomic E-state index is 12.2. The highest BCUT2D eigenvalue weighted by Gasteiger charge is 2.10. The lowest BCUT2D eigenvalue weighted by atomic mass is 10.1. The zero-order valence-electron chi connectivity index (χ0n) is 11.2. The zero-order chi connectivity index (χ0) is 14.7. The van der Waals surface area contributed by atoms with Gasteiger partial charge in [0.1, 0.15) is 5.75 Å². The van der Waals surface area contributed by atoms with Crippen LogP contribution in [0.2, 0.25) is 0 Å². The van der Waals surface area contributed by atoms with Crippen LogP contribution >= 0.6 is 15.9 Å². The fourth-order valence-corrected chi connectivity index (χ4v) is 2.15. The molecule has 2 rings (SSSR count). The molecule has 0 fully saturated rings. The molecule has 3 N–H and O–H groups in total. The molecule has 2 aromatic rings. The number of carbonyl (C=O) groups is 1. The number of hydrogen-bond acceptors (Lipinski definition) is 3. The molecule has 0 saturated carbocycles. The van der Waals surface area contributed by atoms with Crippen molar-refractivity contribution in [3.05, 3.63) is 52.0 Å². The Morgan fingerprint density at radius 3 is 2.65 bits per heavy atom. The molecule has 0 saturated heterocycles. The summed E-state index contributed by atoms with van der Waals surface area (Å²) in [6, 6.07) is 10.7. The number of aryl methyl sites for hydroxylation is 1. The molecule has 0 aliphatic carbocycles. The Balaban J connectivity index is 2.24. The highest BCUT2D eigenvalue weighted by Crippen LogP contribution is 2.25. The number of nitrogens with one attached hydrogen (secondary N) is 1. The van der Waals surface area contributed by atoms with Crippen LogP contribution in [0.3, 0.4) is 0 Å². The largest absolute Gasteiger partial charge is 0.495 e. The maximum absolute atomic E-state index is 12.2. The minimum absolute atomic E-state index is 0.217. The van der Waals surface area contributed by atoms with Gasteiger partial charge in [0.05, 0.1) is 18.5 Å². The van der Waals surface area contributed by atoms with E-state index in [1.165, 1.54) is 7.11 Å². The zero-order valence-corrected chi connectivity index (χ0v) is 12.8. The van der Waals surface area contributed by atoms with Crippen LogP contribution in [0.15, 0.2) is 40.9 Å². The van der Waals surface area contributed by atoms with Crippen LogP contribution in [-0.4, -0.2) is 13.0 Å². The van der Waals surface area contributed by atoms with Gasteiger partial charge in [0, 0.05) is 10.0 Å². The van der Waals surface area contributed by atoms with Crippen molar-refractivity contribution >= 4 is 33.2 Å². The molecule has 0 spiro atoms. The number of anilines is 2. The minimum Gasteiger partial charge on any atom is -0.495 e. The van der Waals surface area contributed by atoms with Gasteiger partial charge in [-0.25, -0.2) is 0 Å². The van der Waals surface area contributed by atoms with Crippen LogP contribution in [-0.2, 0) is 0 Å². The predicted molar refractivity (Wildman–Crippen MR) is 84.2 cm³/mol. The lowest BCUT2D eigenvalue weighted by molar-refractivity contribution is 0.102. The topological polar surface area (TPSA) is 64.3 Å². The van der Waals surface area contributed by atoms with Gasteiger partial charge in [-0.15, -0.1) is 0 Å². The van der Waals surface area contributed by atoms with E-state index in [0.29, 0.717) is 17.0 Å². The molecule has 0 aliphatic rings. The van der Waals surface area contributed by atoms with Crippen molar-refractivity contribution in [1.29, 1.82) is 0 Å². The van der Waals surface area contributed by atoms with Gasteiger partial charge in [0.2, 0.25) is 0 Å². The molecule has 20 heavy (non-hydrogen) atoms. The molecular formula is C15H15BrN2O2. The summed E-state index contributed by atoms with van der Waals surface area (Å²) in [5.74, 6) is 0.337. The van der Waals surface area contributed by atoms with Gasteiger partial charge in [-0.05, 0) is 58.7 Å². The lowest BCUT2D eigenvalue weighted by Gasteiger charge is -2.10. The van der Waals surface area contributed by atoms with Crippen LogP contribution in [0, 0.1) is 6.92 Å². The Labute approximate surface area is 126 Å². The molecule has 2 aromatic carbocycles. The van der Waals surface area contributed by atoms with Crippen molar-refractivity contribution in [1.82, 2.24) is 0 Å². The molecule has 4 nitrogen and oxygen atoms in total. The van der Waals surface area contributed by atoms with E-state index in [0.717, 1.165) is 15.7 Å². The Bertz CT molecular complexity index is 656. The lowest BCUT2D eigenvalue weighted by Crippen LogP contribution is -2.13. The summed E-state index contributed by atoms with van der Waals surface area (Å²) in [7, 11) is 1.54. The van der Waals surface area contributed by atoms with Gasteiger partial charge in [0.15, 0.2) is 0 Å². The SMILES string of the molecule is COc1ccc(C(=O)Nc2cc(C)ccc2Br)cc1N. The molecular weight excluding hydrogens is 320 g/mol.